The van der Waals surface area contributed by atoms with Gasteiger partial charge in [-0.2, -0.15) is 0 Å². The highest BCUT2D eigenvalue weighted by atomic mass is 79.9. The third-order valence-electron chi connectivity index (χ3n) is 3.78. The number of carbonyl (C=O) groups excluding carboxylic acids is 2. The van der Waals surface area contributed by atoms with E-state index in [1.807, 2.05) is 42.5 Å². The fourth-order valence-electron chi connectivity index (χ4n) is 2.49. The van der Waals surface area contributed by atoms with Crippen molar-refractivity contribution in [2.45, 2.75) is 6.54 Å². The van der Waals surface area contributed by atoms with Gasteiger partial charge in [-0.25, -0.2) is 0 Å². The number of hydrogen-bond acceptors (Lipinski definition) is 4. The van der Waals surface area contributed by atoms with E-state index in [4.69, 9.17) is 4.74 Å². The van der Waals surface area contributed by atoms with Gasteiger partial charge in [0.2, 0.25) is 0 Å². The summed E-state index contributed by atoms with van der Waals surface area (Å²) in [5.74, 6) is 0.311. The summed E-state index contributed by atoms with van der Waals surface area (Å²) in [6, 6.07) is 13.0. The van der Waals surface area contributed by atoms with Gasteiger partial charge in [-0.3, -0.25) is 14.5 Å². The molecule has 1 heterocycles. The van der Waals surface area contributed by atoms with E-state index in [-0.39, 0.29) is 17.7 Å². The van der Waals surface area contributed by atoms with E-state index in [0.29, 0.717) is 17.3 Å². The number of imide groups is 1. The molecule has 1 aliphatic rings. The number of thioether (sulfide) groups is 1. The summed E-state index contributed by atoms with van der Waals surface area (Å²) in [5.41, 5.74) is 1.59. The van der Waals surface area contributed by atoms with E-state index < -0.39 is 0 Å². The largest absolute Gasteiger partial charge is 0.489 e. The number of benzene rings is 2. The second-order valence-corrected chi connectivity index (χ2v) is 8.40. The molecule has 27 heavy (non-hydrogen) atoms. The highest BCUT2D eigenvalue weighted by Gasteiger charge is 2.35. The number of carbonyl (C=O) groups is 2. The smallest absolute Gasteiger partial charge is 0.293 e. The van der Waals surface area contributed by atoms with Gasteiger partial charge >= 0.3 is 0 Å². The number of nitrogens with zero attached hydrogens (tertiary/aromatic N) is 1. The van der Waals surface area contributed by atoms with Gasteiger partial charge < -0.3 is 4.74 Å². The molecule has 0 unspecified atom stereocenters. The summed E-state index contributed by atoms with van der Waals surface area (Å²) >= 11 is 7.81. The maximum atomic E-state index is 12.8. The highest BCUT2D eigenvalue weighted by molar-refractivity contribution is 9.10. The number of halogens is 2. The summed E-state index contributed by atoms with van der Waals surface area (Å²) < 4.78 is 7.36. The molecule has 2 amide bonds. The van der Waals surface area contributed by atoms with Crippen molar-refractivity contribution in [3.8, 4) is 5.75 Å². The monoisotopic (exact) mass is 507 g/mol. The van der Waals surface area contributed by atoms with Crippen molar-refractivity contribution in [2.24, 2.45) is 0 Å². The summed E-state index contributed by atoms with van der Waals surface area (Å²) in [7, 11) is 0. The molecule has 1 aliphatic heterocycles. The molecule has 1 saturated heterocycles. The Kier molecular flexibility index (Phi) is 6.57. The molecule has 0 N–H and O–H groups in total. The zero-order valence-electron chi connectivity index (χ0n) is 14.2. The van der Waals surface area contributed by atoms with Crippen LogP contribution < -0.4 is 4.74 Å². The Bertz CT molecular complexity index is 943. The Balaban J connectivity index is 1.87. The molecule has 138 valence electrons. The van der Waals surface area contributed by atoms with Crippen molar-refractivity contribution < 1.29 is 14.3 Å². The summed E-state index contributed by atoms with van der Waals surface area (Å²) in [5, 5.41) is -0.287. The van der Waals surface area contributed by atoms with Crippen LogP contribution in [-0.4, -0.2) is 22.7 Å². The molecule has 1 fully saturated rings. The first kappa shape index (κ1) is 19.9. The van der Waals surface area contributed by atoms with E-state index >= 15 is 0 Å². The van der Waals surface area contributed by atoms with Crippen LogP contribution in [0.25, 0.3) is 6.08 Å². The maximum Gasteiger partial charge on any atom is 0.293 e. The van der Waals surface area contributed by atoms with Crippen LogP contribution in [-0.2, 0) is 11.3 Å². The standard InChI is InChI=1S/C20H15Br2NO3S/c1-2-9-26-17-8-7-15(21)10-14(17)11-18-19(24)23(20(25)27-18)12-13-5-3-4-6-16(13)22/h2-8,10-11H,1,9,12H2/b18-11-. The summed E-state index contributed by atoms with van der Waals surface area (Å²) in [6.45, 7) is 4.22. The second-order valence-electron chi connectivity index (χ2n) is 5.64. The van der Waals surface area contributed by atoms with Crippen LogP contribution in [0.1, 0.15) is 11.1 Å². The molecule has 2 aromatic carbocycles. The van der Waals surface area contributed by atoms with Gasteiger partial charge in [0.25, 0.3) is 11.1 Å². The summed E-state index contributed by atoms with van der Waals surface area (Å²) in [4.78, 5) is 26.8. The molecule has 0 aromatic heterocycles. The van der Waals surface area contributed by atoms with E-state index in [2.05, 4.69) is 38.4 Å². The zero-order chi connectivity index (χ0) is 19.4. The highest BCUT2D eigenvalue weighted by Crippen LogP contribution is 2.36. The molecule has 0 atom stereocenters. The van der Waals surface area contributed by atoms with Crippen LogP contribution in [0, 0.1) is 0 Å². The molecule has 0 bridgehead atoms. The van der Waals surface area contributed by atoms with Crippen molar-refractivity contribution in [3.05, 3.63) is 80.1 Å². The lowest BCUT2D eigenvalue weighted by Gasteiger charge is -2.13. The van der Waals surface area contributed by atoms with Crippen LogP contribution in [0.5, 0.6) is 5.75 Å². The van der Waals surface area contributed by atoms with Gasteiger partial charge in [0.15, 0.2) is 0 Å². The Labute approximate surface area is 178 Å². The Morgan fingerprint density at radius 1 is 1.15 bits per heavy atom. The molecule has 3 rings (SSSR count). The number of rotatable bonds is 6. The van der Waals surface area contributed by atoms with Gasteiger partial charge in [0.05, 0.1) is 11.4 Å². The quantitative estimate of drug-likeness (QED) is 0.354. The summed E-state index contributed by atoms with van der Waals surface area (Å²) in [6.07, 6.45) is 3.34. The normalized spacial score (nSPS) is 15.5. The Morgan fingerprint density at radius 3 is 2.67 bits per heavy atom. The third kappa shape index (κ3) is 4.72. The van der Waals surface area contributed by atoms with Crippen LogP contribution in [0.3, 0.4) is 0 Å². The number of hydrogen-bond donors (Lipinski definition) is 0. The fourth-order valence-corrected chi connectivity index (χ4v) is 4.10. The molecule has 2 aromatic rings. The molecular formula is C20H15Br2NO3S. The van der Waals surface area contributed by atoms with Gasteiger partial charge in [0, 0.05) is 14.5 Å². The topological polar surface area (TPSA) is 46.6 Å². The predicted octanol–water partition coefficient (Wildman–Crippen LogP) is 6.01. The maximum absolute atomic E-state index is 12.8. The molecule has 0 saturated carbocycles. The second kappa shape index (κ2) is 8.91. The average molecular weight is 509 g/mol. The fraction of sp³-hybridized carbons (Fsp3) is 0.100. The van der Waals surface area contributed by atoms with Gasteiger partial charge in [0.1, 0.15) is 12.4 Å². The molecule has 4 nitrogen and oxygen atoms in total. The Morgan fingerprint density at radius 2 is 1.93 bits per heavy atom. The molecule has 0 radical (unpaired) electrons. The molecular weight excluding hydrogens is 494 g/mol. The lowest BCUT2D eigenvalue weighted by molar-refractivity contribution is -0.123. The van der Waals surface area contributed by atoms with Crippen molar-refractivity contribution in [1.82, 2.24) is 4.90 Å². The minimum atomic E-state index is -0.310. The lowest BCUT2D eigenvalue weighted by Crippen LogP contribution is -2.27. The van der Waals surface area contributed by atoms with Gasteiger partial charge in [-0.05, 0) is 47.7 Å². The van der Waals surface area contributed by atoms with E-state index in [1.54, 1.807) is 12.2 Å². The SMILES string of the molecule is C=CCOc1ccc(Br)cc1/C=C1\SC(=O)N(Cc2ccccc2Br)C1=O. The van der Waals surface area contributed by atoms with Crippen molar-refractivity contribution in [3.63, 3.8) is 0 Å². The molecule has 0 spiro atoms. The van der Waals surface area contributed by atoms with Crippen LogP contribution in [0.15, 0.2) is 69.0 Å². The zero-order valence-corrected chi connectivity index (χ0v) is 18.1. The average Bonchev–Trinajstić information content (AvgIpc) is 2.90. The minimum absolute atomic E-state index is 0.224. The van der Waals surface area contributed by atoms with E-state index in [0.717, 1.165) is 31.8 Å². The molecule has 0 aliphatic carbocycles. The Hall–Kier alpha value is -1.83. The minimum Gasteiger partial charge on any atom is -0.489 e. The van der Waals surface area contributed by atoms with Gasteiger partial charge in [-0.1, -0.05) is 62.7 Å². The number of ether oxygens (including phenoxy) is 1. The van der Waals surface area contributed by atoms with Crippen molar-refractivity contribution >= 4 is 60.8 Å². The first-order chi connectivity index (χ1) is 13.0. The van der Waals surface area contributed by atoms with Gasteiger partial charge in [-0.15, -0.1) is 0 Å². The number of amides is 2. The van der Waals surface area contributed by atoms with Crippen LogP contribution in [0.2, 0.25) is 0 Å². The molecule has 7 heteroatoms. The first-order valence-corrected chi connectivity index (χ1v) is 10.4. The lowest BCUT2D eigenvalue weighted by atomic mass is 10.1. The van der Waals surface area contributed by atoms with Crippen LogP contribution >= 0.6 is 43.6 Å². The first-order valence-electron chi connectivity index (χ1n) is 8.01. The van der Waals surface area contributed by atoms with E-state index in [9.17, 15) is 9.59 Å². The predicted molar refractivity (Wildman–Crippen MR) is 115 cm³/mol. The van der Waals surface area contributed by atoms with Crippen molar-refractivity contribution in [2.75, 3.05) is 6.61 Å². The van der Waals surface area contributed by atoms with Crippen LogP contribution in [0.4, 0.5) is 4.79 Å². The third-order valence-corrected chi connectivity index (χ3v) is 5.95. The van der Waals surface area contributed by atoms with E-state index in [1.165, 1.54) is 4.90 Å². The van der Waals surface area contributed by atoms with Crippen molar-refractivity contribution in [1.29, 1.82) is 0 Å².